The predicted molar refractivity (Wildman–Crippen MR) is 103 cm³/mol. The fourth-order valence-electron chi connectivity index (χ4n) is 2.74. The molecule has 0 bridgehead atoms. The van der Waals surface area contributed by atoms with Crippen LogP contribution in [0, 0.1) is 5.92 Å². The molecular weight excluding hydrogens is 399 g/mol. The van der Waals surface area contributed by atoms with Crippen molar-refractivity contribution < 1.29 is 23.1 Å². The first-order chi connectivity index (χ1) is 14.3. The molecule has 2 N–H and O–H groups in total. The van der Waals surface area contributed by atoms with Gasteiger partial charge in [0.1, 0.15) is 5.69 Å². The van der Waals surface area contributed by atoms with Gasteiger partial charge in [0, 0.05) is 23.9 Å². The van der Waals surface area contributed by atoms with Gasteiger partial charge in [-0.05, 0) is 36.8 Å². The number of anilines is 2. The van der Waals surface area contributed by atoms with Crippen molar-refractivity contribution >= 4 is 17.6 Å². The lowest BCUT2D eigenvalue weighted by molar-refractivity contribution is -0.142. The van der Waals surface area contributed by atoms with Gasteiger partial charge in [-0.3, -0.25) is 4.79 Å². The van der Waals surface area contributed by atoms with Crippen molar-refractivity contribution in [1.29, 1.82) is 0 Å². The van der Waals surface area contributed by atoms with Gasteiger partial charge in [0.15, 0.2) is 0 Å². The molecule has 1 unspecified atom stereocenters. The lowest BCUT2D eigenvalue weighted by atomic mass is 10.0. The summed E-state index contributed by atoms with van der Waals surface area (Å²) in [5, 5.41) is 20.1. The highest BCUT2D eigenvalue weighted by Gasteiger charge is 2.32. The average molecular weight is 417 g/mol. The van der Waals surface area contributed by atoms with Crippen molar-refractivity contribution in [2.24, 2.45) is 5.92 Å². The average Bonchev–Trinajstić information content (AvgIpc) is 2.72. The zero-order valence-electron chi connectivity index (χ0n) is 15.9. The van der Waals surface area contributed by atoms with E-state index in [4.69, 9.17) is 5.11 Å². The van der Waals surface area contributed by atoms with E-state index in [9.17, 15) is 18.0 Å². The van der Waals surface area contributed by atoms with Gasteiger partial charge in [0.25, 0.3) is 0 Å². The molecule has 3 rings (SSSR count). The first kappa shape index (κ1) is 21.2. The molecule has 2 aromatic heterocycles. The number of nitrogens with one attached hydrogen (secondary N) is 1. The summed E-state index contributed by atoms with van der Waals surface area (Å²) in [6.45, 7) is 1.80. The molecule has 1 atom stereocenters. The van der Waals surface area contributed by atoms with Gasteiger partial charge < -0.3 is 10.4 Å². The summed E-state index contributed by atoms with van der Waals surface area (Å²) in [5.74, 6) is -1.58. The van der Waals surface area contributed by atoms with Gasteiger partial charge in [0.2, 0.25) is 5.95 Å². The normalized spacial score (nSPS) is 12.4. The number of carboxylic acid groups (broad SMARTS) is 1. The smallest absolute Gasteiger partial charge is 0.433 e. The monoisotopic (exact) mass is 417 g/mol. The third-order valence-corrected chi connectivity index (χ3v) is 4.38. The molecule has 7 nitrogen and oxygen atoms in total. The number of halogens is 3. The van der Waals surface area contributed by atoms with Crippen molar-refractivity contribution in [2.45, 2.75) is 25.9 Å². The summed E-state index contributed by atoms with van der Waals surface area (Å²) in [6.07, 6.45) is -2.75. The van der Waals surface area contributed by atoms with Crippen LogP contribution in [0.1, 0.15) is 24.7 Å². The van der Waals surface area contributed by atoms with Gasteiger partial charge in [-0.2, -0.15) is 23.4 Å². The summed E-state index contributed by atoms with van der Waals surface area (Å²) in [5.41, 5.74) is 1.23. The van der Waals surface area contributed by atoms with E-state index in [1.165, 1.54) is 0 Å². The van der Waals surface area contributed by atoms with E-state index in [0.717, 1.165) is 12.3 Å². The zero-order valence-corrected chi connectivity index (χ0v) is 15.9. The second-order valence-corrected chi connectivity index (χ2v) is 6.53. The molecular formula is C20H18F3N5O2. The van der Waals surface area contributed by atoms with Gasteiger partial charge >= 0.3 is 12.1 Å². The molecule has 0 amide bonds. The number of aromatic nitrogens is 4. The number of benzene rings is 1. The molecule has 0 aliphatic carbocycles. The van der Waals surface area contributed by atoms with Crippen molar-refractivity contribution in [3.05, 3.63) is 60.0 Å². The molecule has 3 aromatic rings. The van der Waals surface area contributed by atoms with E-state index in [0.29, 0.717) is 29.1 Å². The fraction of sp³-hybridized carbons (Fsp3) is 0.250. The molecule has 0 aliphatic rings. The van der Waals surface area contributed by atoms with Gasteiger partial charge in [0.05, 0.1) is 17.3 Å². The van der Waals surface area contributed by atoms with Gasteiger partial charge in [-0.25, -0.2) is 9.97 Å². The zero-order chi connectivity index (χ0) is 21.7. The van der Waals surface area contributed by atoms with Gasteiger partial charge in [-0.1, -0.05) is 19.1 Å². The minimum Gasteiger partial charge on any atom is -0.481 e. The first-order valence-electron chi connectivity index (χ1n) is 9.09. The second-order valence-electron chi connectivity index (χ2n) is 6.53. The Morgan fingerprint density at radius 1 is 1.17 bits per heavy atom. The lowest BCUT2D eigenvalue weighted by Gasteiger charge is -2.10. The SMILES string of the molecule is CCC(Cc1ccc(-c2cccc(Nc3nccc(C(F)(F)F)n3)c2)nn1)C(=O)O. The van der Waals surface area contributed by atoms with E-state index < -0.39 is 23.8 Å². The Kier molecular flexibility index (Phi) is 6.24. The predicted octanol–water partition coefficient (Wildman–Crippen LogP) is 4.35. The van der Waals surface area contributed by atoms with E-state index in [1.807, 2.05) is 0 Å². The van der Waals surface area contributed by atoms with Crippen LogP contribution in [0.2, 0.25) is 0 Å². The maximum atomic E-state index is 12.8. The Bertz CT molecular complexity index is 1030. The van der Waals surface area contributed by atoms with Crippen LogP contribution in [-0.2, 0) is 17.4 Å². The minimum absolute atomic E-state index is 0.178. The molecule has 0 radical (unpaired) electrons. The van der Waals surface area contributed by atoms with Gasteiger partial charge in [-0.15, -0.1) is 0 Å². The summed E-state index contributed by atoms with van der Waals surface area (Å²) in [7, 11) is 0. The summed E-state index contributed by atoms with van der Waals surface area (Å²) < 4.78 is 38.4. The van der Waals surface area contributed by atoms with Crippen LogP contribution < -0.4 is 5.32 Å². The van der Waals surface area contributed by atoms with Crippen LogP contribution in [-0.4, -0.2) is 31.2 Å². The summed E-state index contributed by atoms with van der Waals surface area (Å²) in [4.78, 5) is 18.5. The Labute approximate surface area is 170 Å². The number of rotatable bonds is 7. The molecule has 0 saturated heterocycles. The molecule has 0 spiro atoms. The number of carbonyl (C=O) groups is 1. The second kappa shape index (κ2) is 8.85. The molecule has 0 fully saturated rings. The van der Waals surface area contributed by atoms with E-state index in [-0.39, 0.29) is 12.4 Å². The Hall–Kier alpha value is -3.56. The molecule has 30 heavy (non-hydrogen) atoms. The Morgan fingerprint density at radius 2 is 1.97 bits per heavy atom. The minimum atomic E-state index is -4.56. The van der Waals surface area contributed by atoms with Crippen LogP contribution >= 0.6 is 0 Å². The van der Waals surface area contributed by atoms with Crippen LogP contribution in [0.5, 0.6) is 0 Å². The highest BCUT2D eigenvalue weighted by Crippen LogP contribution is 2.28. The fourth-order valence-corrected chi connectivity index (χ4v) is 2.74. The third-order valence-electron chi connectivity index (χ3n) is 4.38. The number of nitrogens with zero attached hydrogens (tertiary/aromatic N) is 4. The van der Waals surface area contributed by atoms with E-state index in [2.05, 4.69) is 25.5 Å². The molecule has 0 saturated carbocycles. The largest absolute Gasteiger partial charge is 0.481 e. The third kappa shape index (κ3) is 5.28. The maximum Gasteiger partial charge on any atom is 0.433 e. The van der Waals surface area contributed by atoms with Crippen molar-refractivity contribution in [3.63, 3.8) is 0 Å². The molecule has 1 aromatic carbocycles. The Balaban J connectivity index is 1.76. The number of hydrogen-bond donors (Lipinski definition) is 2. The van der Waals surface area contributed by atoms with Crippen molar-refractivity contribution in [1.82, 2.24) is 20.2 Å². The topological polar surface area (TPSA) is 101 Å². The molecule has 2 heterocycles. The van der Waals surface area contributed by atoms with Crippen LogP contribution in [0.25, 0.3) is 11.3 Å². The number of carboxylic acids is 1. The summed E-state index contributed by atoms with van der Waals surface area (Å²) in [6, 6.07) is 11.0. The van der Waals surface area contributed by atoms with E-state index >= 15 is 0 Å². The molecule has 10 heteroatoms. The lowest BCUT2D eigenvalue weighted by Crippen LogP contribution is -2.16. The molecule has 156 valence electrons. The standard InChI is InChI=1S/C20H18F3N5O2/c1-2-12(18(29)30)10-15-6-7-16(28-27-15)13-4-3-5-14(11-13)25-19-24-9-8-17(26-19)20(21,22)23/h3-9,11-12H,2,10H2,1H3,(H,29,30)(H,24,25,26). The number of aliphatic carboxylic acids is 1. The van der Waals surface area contributed by atoms with Crippen LogP contribution in [0.15, 0.2) is 48.7 Å². The van der Waals surface area contributed by atoms with E-state index in [1.54, 1.807) is 43.3 Å². The summed E-state index contributed by atoms with van der Waals surface area (Å²) >= 11 is 0. The molecule has 0 aliphatic heterocycles. The maximum absolute atomic E-state index is 12.8. The highest BCUT2D eigenvalue weighted by atomic mass is 19.4. The number of hydrogen-bond acceptors (Lipinski definition) is 6. The highest BCUT2D eigenvalue weighted by molar-refractivity contribution is 5.70. The van der Waals surface area contributed by atoms with Crippen molar-refractivity contribution in [3.8, 4) is 11.3 Å². The quantitative estimate of drug-likeness (QED) is 0.589. The van der Waals surface area contributed by atoms with Crippen LogP contribution in [0.4, 0.5) is 24.8 Å². The number of alkyl halides is 3. The Morgan fingerprint density at radius 3 is 2.60 bits per heavy atom. The van der Waals surface area contributed by atoms with Crippen LogP contribution in [0.3, 0.4) is 0 Å². The first-order valence-corrected chi connectivity index (χ1v) is 9.09. The van der Waals surface area contributed by atoms with Crippen molar-refractivity contribution in [2.75, 3.05) is 5.32 Å².